The SMILES string of the molecule is CCc1ccc(-c2c(C)sc3nc(-c4cccc(OC)c4)c(C=O)n23)cc1. The van der Waals surface area contributed by atoms with Gasteiger partial charge in [0, 0.05) is 10.4 Å². The van der Waals surface area contributed by atoms with E-state index in [0.717, 1.165) is 45.1 Å². The highest BCUT2D eigenvalue weighted by molar-refractivity contribution is 7.17. The number of fused-ring (bicyclic) bond motifs is 1. The molecule has 2 aromatic carbocycles. The lowest BCUT2D eigenvalue weighted by Gasteiger charge is -2.06. The van der Waals surface area contributed by atoms with E-state index in [-0.39, 0.29) is 0 Å². The summed E-state index contributed by atoms with van der Waals surface area (Å²) in [5.74, 6) is 0.743. The zero-order chi connectivity index (χ0) is 19.0. The number of nitrogens with zero attached hydrogens (tertiary/aromatic N) is 2. The first kappa shape index (κ1) is 17.5. The van der Waals surface area contributed by atoms with Crippen molar-refractivity contribution in [2.45, 2.75) is 20.3 Å². The molecule has 0 amide bonds. The number of aryl methyl sites for hydroxylation is 2. The molecular weight excluding hydrogens is 356 g/mol. The van der Waals surface area contributed by atoms with Gasteiger partial charge < -0.3 is 4.74 Å². The fraction of sp³-hybridized carbons (Fsp3) is 0.182. The topological polar surface area (TPSA) is 43.6 Å². The maximum Gasteiger partial charge on any atom is 0.195 e. The summed E-state index contributed by atoms with van der Waals surface area (Å²) < 4.78 is 7.29. The first-order valence-electron chi connectivity index (χ1n) is 8.87. The number of carbonyl (C=O) groups is 1. The molecule has 4 rings (SSSR count). The van der Waals surface area contributed by atoms with Gasteiger partial charge in [-0.25, -0.2) is 4.98 Å². The van der Waals surface area contributed by atoms with Crippen LogP contribution in [0, 0.1) is 6.92 Å². The van der Waals surface area contributed by atoms with Crippen molar-refractivity contribution in [1.82, 2.24) is 9.38 Å². The van der Waals surface area contributed by atoms with E-state index in [0.29, 0.717) is 11.4 Å². The minimum Gasteiger partial charge on any atom is -0.497 e. The van der Waals surface area contributed by atoms with Crippen molar-refractivity contribution in [3.63, 3.8) is 0 Å². The third-order valence-electron chi connectivity index (χ3n) is 4.77. The summed E-state index contributed by atoms with van der Waals surface area (Å²) in [6.45, 7) is 4.21. The predicted molar refractivity (Wildman–Crippen MR) is 110 cm³/mol. The van der Waals surface area contributed by atoms with Crippen molar-refractivity contribution >= 4 is 22.6 Å². The molecule has 0 fully saturated rings. The van der Waals surface area contributed by atoms with Gasteiger partial charge in [-0.05, 0) is 36.6 Å². The molecule has 0 aliphatic carbocycles. The molecule has 27 heavy (non-hydrogen) atoms. The van der Waals surface area contributed by atoms with E-state index in [1.807, 2.05) is 28.7 Å². The Bertz CT molecular complexity index is 1120. The molecule has 0 aliphatic heterocycles. The van der Waals surface area contributed by atoms with Crippen LogP contribution < -0.4 is 4.74 Å². The Kier molecular flexibility index (Phi) is 4.54. The molecule has 0 unspecified atom stereocenters. The summed E-state index contributed by atoms with van der Waals surface area (Å²) in [6, 6.07) is 16.2. The van der Waals surface area contributed by atoms with Gasteiger partial charge in [-0.3, -0.25) is 9.20 Å². The normalized spacial score (nSPS) is 11.1. The smallest absolute Gasteiger partial charge is 0.195 e. The van der Waals surface area contributed by atoms with E-state index in [2.05, 4.69) is 38.1 Å². The number of aromatic nitrogens is 2. The minimum absolute atomic E-state index is 0.567. The molecule has 4 nitrogen and oxygen atoms in total. The third kappa shape index (κ3) is 2.94. The first-order chi connectivity index (χ1) is 13.2. The standard InChI is InChI=1S/C22H20N2O2S/c1-4-15-8-10-16(11-9-15)21-14(2)27-22-23-20(19(13-25)24(21)22)17-6-5-7-18(12-17)26-3/h5-13H,4H2,1-3H3. The number of benzene rings is 2. The van der Waals surface area contributed by atoms with Gasteiger partial charge in [-0.2, -0.15) is 0 Å². The van der Waals surface area contributed by atoms with Gasteiger partial charge in [-0.15, -0.1) is 11.3 Å². The van der Waals surface area contributed by atoms with Gasteiger partial charge in [0.25, 0.3) is 0 Å². The predicted octanol–water partition coefficient (Wildman–Crippen LogP) is 5.42. The Morgan fingerprint density at radius 2 is 1.93 bits per heavy atom. The lowest BCUT2D eigenvalue weighted by Crippen LogP contribution is -1.96. The number of hydrogen-bond acceptors (Lipinski definition) is 4. The Hall–Kier alpha value is -2.92. The van der Waals surface area contributed by atoms with Crippen LogP contribution in [0.4, 0.5) is 0 Å². The molecule has 136 valence electrons. The second kappa shape index (κ2) is 7.00. The first-order valence-corrected chi connectivity index (χ1v) is 9.68. The second-order valence-electron chi connectivity index (χ2n) is 6.37. The van der Waals surface area contributed by atoms with Crippen molar-refractivity contribution in [2.75, 3.05) is 7.11 Å². The number of thiazole rings is 1. The monoisotopic (exact) mass is 376 g/mol. The van der Waals surface area contributed by atoms with E-state index in [4.69, 9.17) is 9.72 Å². The lowest BCUT2D eigenvalue weighted by molar-refractivity contribution is 0.111. The number of ether oxygens (including phenoxy) is 1. The van der Waals surface area contributed by atoms with E-state index in [1.165, 1.54) is 5.56 Å². The molecule has 5 heteroatoms. The molecule has 0 atom stereocenters. The fourth-order valence-electron chi connectivity index (χ4n) is 3.36. The molecule has 2 heterocycles. The van der Waals surface area contributed by atoms with Crippen LogP contribution in [0.15, 0.2) is 48.5 Å². The van der Waals surface area contributed by atoms with Crippen molar-refractivity contribution in [3.8, 4) is 28.3 Å². The molecule has 0 saturated carbocycles. The van der Waals surface area contributed by atoms with Crippen LogP contribution in [-0.2, 0) is 6.42 Å². The molecule has 4 aromatic rings. The van der Waals surface area contributed by atoms with E-state index >= 15 is 0 Å². The fourth-order valence-corrected chi connectivity index (χ4v) is 4.36. The molecule has 0 N–H and O–H groups in total. The summed E-state index contributed by atoms with van der Waals surface area (Å²) in [6.07, 6.45) is 1.90. The van der Waals surface area contributed by atoms with Crippen LogP contribution in [0.2, 0.25) is 0 Å². The number of imidazole rings is 1. The van der Waals surface area contributed by atoms with Crippen molar-refractivity contribution in [3.05, 3.63) is 64.7 Å². The lowest BCUT2D eigenvalue weighted by atomic mass is 10.1. The summed E-state index contributed by atoms with van der Waals surface area (Å²) >= 11 is 1.60. The number of rotatable bonds is 5. The van der Waals surface area contributed by atoms with Crippen LogP contribution in [0.1, 0.15) is 27.9 Å². The van der Waals surface area contributed by atoms with Gasteiger partial charge in [0.05, 0.1) is 12.8 Å². The average molecular weight is 376 g/mol. The largest absolute Gasteiger partial charge is 0.497 e. The number of methoxy groups -OCH3 is 1. The highest BCUT2D eigenvalue weighted by atomic mass is 32.1. The molecule has 0 saturated heterocycles. The molecule has 0 bridgehead atoms. The zero-order valence-electron chi connectivity index (χ0n) is 15.5. The van der Waals surface area contributed by atoms with Crippen LogP contribution in [0.3, 0.4) is 0 Å². The van der Waals surface area contributed by atoms with Gasteiger partial charge in [0.15, 0.2) is 11.2 Å². The van der Waals surface area contributed by atoms with Gasteiger partial charge in [0.2, 0.25) is 0 Å². The van der Waals surface area contributed by atoms with Crippen LogP contribution in [-0.4, -0.2) is 22.8 Å². The highest BCUT2D eigenvalue weighted by Gasteiger charge is 2.21. The van der Waals surface area contributed by atoms with Gasteiger partial charge in [0.1, 0.15) is 17.1 Å². The second-order valence-corrected chi connectivity index (χ2v) is 7.55. The quantitative estimate of drug-likeness (QED) is 0.437. The maximum absolute atomic E-state index is 12.0. The van der Waals surface area contributed by atoms with Crippen molar-refractivity contribution in [2.24, 2.45) is 0 Å². The Morgan fingerprint density at radius 1 is 1.15 bits per heavy atom. The van der Waals surface area contributed by atoms with Gasteiger partial charge in [-0.1, -0.05) is 43.3 Å². The van der Waals surface area contributed by atoms with Gasteiger partial charge >= 0.3 is 0 Å². The molecule has 2 aromatic heterocycles. The van der Waals surface area contributed by atoms with Crippen LogP contribution in [0.5, 0.6) is 5.75 Å². The number of hydrogen-bond donors (Lipinski definition) is 0. The molecule has 0 spiro atoms. The molecular formula is C22H20N2O2S. The summed E-state index contributed by atoms with van der Waals surface area (Å²) in [5.41, 5.74) is 5.53. The van der Waals surface area contributed by atoms with Crippen LogP contribution in [0.25, 0.3) is 27.5 Å². The molecule has 0 radical (unpaired) electrons. The molecule has 0 aliphatic rings. The number of aldehydes is 1. The number of carbonyl (C=O) groups excluding carboxylic acids is 1. The Balaban J connectivity index is 1.94. The summed E-state index contributed by atoms with van der Waals surface area (Å²) in [4.78, 5) is 18.8. The Labute approximate surface area is 162 Å². The highest BCUT2D eigenvalue weighted by Crippen LogP contribution is 2.36. The maximum atomic E-state index is 12.0. The minimum atomic E-state index is 0.567. The average Bonchev–Trinajstić information content (AvgIpc) is 3.22. The summed E-state index contributed by atoms with van der Waals surface area (Å²) in [5, 5.41) is 0. The zero-order valence-corrected chi connectivity index (χ0v) is 16.3. The van der Waals surface area contributed by atoms with E-state index < -0.39 is 0 Å². The third-order valence-corrected chi connectivity index (χ3v) is 5.73. The van der Waals surface area contributed by atoms with Crippen LogP contribution >= 0.6 is 11.3 Å². The van der Waals surface area contributed by atoms with E-state index in [1.54, 1.807) is 18.4 Å². The Morgan fingerprint density at radius 3 is 2.59 bits per heavy atom. The van der Waals surface area contributed by atoms with E-state index in [9.17, 15) is 4.79 Å². The summed E-state index contributed by atoms with van der Waals surface area (Å²) in [7, 11) is 1.63. The van der Waals surface area contributed by atoms with Crippen molar-refractivity contribution < 1.29 is 9.53 Å². The van der Waals surface area contributed by atoms with Crippen molar-refractivity contribution in [1.29, 1.82) is 0 Å².